The molecule has 56 heavy (non-hydrogen) atoms. The van der Waals surface area contributed by atoms with Gasteiger partial charge in [-0.3, -0.25) is 0 Å². The van der Waals surface area contributed by atoms with Gasteiger partial charge in [-0.05, 0) is 108 Å². The molecule has 0 saturated heterocycles. The zero-order valence-corrected chi connectivity index (χ0v) is 34.5. The van der Waals surface area contributed by atoms with Crippen molar-refractivity contribution in [1.29, 1.82) is 0 Å². The lowest BCUT2D eigenvalue weighted by Gasteiger charge is -2.12. The highest BCUT2D eigenvalue weighted by Crippen LogP contribution is 2.41. The molecular weight excluding hydrogens is 701 g/mol. The molecule has 0 amide bonds. The largest absolute Gasteiger partial charge is 0.455 e. The Morgan fingerprint density at radius 3 is 2.09 bits per heavy atom. The summed E-state index contributed by atoms with van der Waals surface area (Å²) < 4.78 is 8.85. The molecule has 6 aromatic carbocycles. The zero-order valence-electron chi connectivity index (χ0n) is 33.6. The van der Waals surface area contributed by atoms with Gasteiger partial charge in [0, 0.05) is 27.5 Å². The Morgan fingerprint density at radius 1 is 0.714 bits per heavy atom. The van der Waals surface area contributed by atoms with E-state index in [4.69, 9.17) is 10.2 Å². The number of nitrogens with zero attached hydrogens (tertiary/aromatic N) is 1. The van der Waals surface area contributed by atoms with E-state index in [-0.39, 0.29) is 0 Å². The molecule has 0 aliphatic heterocycles. The number of furan rings is 1. The van der Waals surface area contributed by atoms with E-state index in [0.29, 0.717) is 0 Å². The van der Waals surface area contributed by atoms with Crippen molar-refractivity contribution in [2.75, 3.05) is 6.26 Å². The fourth-order valence-corrected chi connectivity index (χ4v) is 7.32. The van der Waals surface area contributed by atoms with Gasteiger partial charge in [0.25, 0.3) is 0 Å². The second-order valence-electron chi connectivity index (χ2n) is 13.1. The fourth-order valence-electron chi connectivity index (χ4n) is 7.32. The minimum atomic E-state index is 0.723. The topological polar surface area (TPSA) is 44.1 Å². The summed E-state index contributed by atoms with van der Waals surface area (Å²) in [6.07, 6.45) is 10.3. The van der Waals surface area contributed by atoms with E-state index in [1.54, 1.807) is 6.26 Å². The van der Waals surface area contributed by atoms with Crippen molar-refractivity contribution in [3.05, 3.63) is 187 Å². The second kappa shape index (κ2) is 19.6. The molecule has 0 unspecified atom stereocenters. The number of thiol groups is 1. The monoisotopic (exact) mass is 754 g/mol. The summed E-state index contributed by atoms with van der Waals surface area (Å²) in [4.78, 5) is 0. The van der Waals surface area contributed by atoms with Gasteiger partial charge in [-0.25, -0.2) is 0 Å². The second-order valence-corrected chi connectivity index (χ2v) is 13.1. The molecule has 2 N–H and O–H groups in total. The Morgan fingerprint density at radius 2 is 1.36 bits per heavy atom. The van der Waals surface area contributed by atoms with Crippen LogP contribution in [0.4, 0.5) is 0 Å². The first kappa shape index (κ1) is 41.2. The first-order chi connectivity index (χ1) is 27.5. The molecule has 0 atom stereocenters. The van der Waals surface area contributed by atoms with Crippen LogP contribution >= 0.6 is 12.6 Å². The van der Waals surface area contributed by atoms with Crippen LogP contribution in [0.1, 0.15) is 57.2 Å². The quantitative estimate of drug-likeness (QED) is 0.0922. The van der Waals surface area contributed by atoms with Crippen molar-refractivity contribution in [3.8, 4) is 16.8 Å². The smallest absolute Gasteiger partial charge is 0.145 e. The third-order valence-corrected chi connectivity index (χ3v) is 9.89. The van der Waals surface area contributed by atoms with E-state index in [1.165, 1.54) is 33.4 Å². The lowest BCUT2D eigenvalue weighted by atomic mass is 9.92. The summed E-state index contributed by atoms with van der Waals surface area (Å²) in [5.74, 6) is 0. The van der Waals surface area contributed by atoms with Crippen LogP contribution in [0, 0.1) is 6.92 Å². The third-order valence-electron chi connectivity index (χ3n) is 9.89. The van der Waals surface area contributed by atoms with Gasteiger partial charge >= 0.3 is 0 Å². The molecule has 0 saturated carbocycles. The van der Waals surface area contributed by atoms with Gasteiger partial charge in [-0.2, -0.15) is 12.6 Å². The normalized spacial score (nSPS) is 11.8. The fraction of sp³-hybridized carbons (Fsp3) is 0.154. The van der Waals surface area contributed by atoms with Crippen molar-refractivity contribution in [1.82, 2.24) is 4.57 Å². The highest BCUT2D eigenvalue weighted by Gasteiger charge is 2.19. The van der Waals surface area contributed by atoms with Crippen molar-refractivity contribution in [3.63, 3.8) is 0 Å². The molecule has 284 valence electrons. The molecule has 0 aliphatic carbocycles. The van der Waals surface area contributed by atoms with Gasteiger partial charge in [0.2, 0.25) is 0 Å². The van der Waals surface area contributed by atoms with Gasteiger partial charge in [-0.15, -0.1) is 13.2 Å². The molecule has 2 aromatic heterocycles. The van der Waals surface area contributed by atoms with Crippen LogP contribution in [0.15, 0.2) is 174 Å². The van der Waals surface area contributed by atoms with Crippen LogP contribution in [0.25, 0.3) is 72.3 Å². The minimum absolute atomic E-state index is 0.723. The third kappa shape index (κ3) is 8.32. The minimum Gasteiger partial charge on any atom is -0.455 e. The first-order valence-electron chi connectivity index (χ1n) is 19.4. The lowest BCUT2D eigenvalue weighted by molar-refractivity contribution is 0.673. The number of para-hydroxylation sites is 2. The van der Waals surface area contributed by atoms with Crippen LogP contribution < -0.4 is 5.73 Å². The van der Waals surface area contributed by atoms with E-state index in [0.717, 1.165) is 73.5 Å². The summed E-state index contributed by atoms with van der Waals surface area (Å²) in [5, 5.41) is 4.51. The van der Waals surface area contributed by atoms with Crippen LogP contribution in [-0.4, -0.2) is 10.8 Å². The Hall–Kier alpha value is -5.97. The number of aryl methyl sites for hydroxylation is 1. The molecular formula is C52H54N2OS. The summed E-state index contributed by atoms with van der Waals surface area (Å²) in [7, 11) is 0. The molecule has 0 radical (unpaired) electrons. The average molecular weight is 755 g/mol. The number of rotatable bonds is 8. The molecule has 3 nitrogen and oxygen atoms in total. The van der Waals surface area contributed by atoms with Gasteiger partial charge in [0.15, 0.2) is 0 Å². The molecule has 8 rings (SSSR count). The van der Waals surface area contributed by atoms with Gasteiger partial charge in [0.1, 0.15) is 11.2 Å². The number of hydrogen-bond acceptors (Lipinski definition) is 3. The van der Waals surface area contributed by atoms with E-state index in [9.17, 15) is 0 Å². The lowest BCUT2D eigenvalue weighted by Crippen LogP contribution is -1.98. The van der Waals surface area contributed by atoms with Gasteiger partial charge in [0.05, 0.1) is 16.4 Å². The number of nitrogens with two attached hydrogens (primary N) is 1. The molecule has 2 heterocycles. The van der Waals surface area contributed by atoms with Crippen molar-refractivity contribution < 1.29 is 4.42 Å². The number of hydrogen-bond donors (Lipinski definition) is 2. The highest BCUT2D eigenvalue weighted by atomic mass is 32.1. The van der Waals surface area contributed by atoms with Crippen LogP contribution in [0.3, 0.4) is 0 Å². The number of fused-ring (bicyclic) bond motifs is 7. The van der Waals surface area contributed by atoms with Crippen LogP contribution in [0.5, 0.6) is 0 Å². The maximum absolute atomic E-state index is 6.87. The molecule has 8 aromatic rings. The summed E-state index contributed by atoms with van der Waals surface area (Å²) in [6, 6.07) is 47.0. The Kier molecular flexibility index (Phi) is 14.4. The zero-order chi connectivity index (χ0) is 40.2. The molecule has 0 spiro atoms. The van der Waals surface area contributed by atoms with Gasteiger partial charge in [-0.1, -0.05) is 136 Å². The molecule has 0 fully saturated rings. The van der Waals surface area contributed by atoms with Crippen molar-refractivity contribution >= 4 is 68.1 Å². The average Bonchev–Trinajstić information content (AvgIpc) is 3.81. The van der Waals surface area contributed by atoms with Gasteiger partial charge < -0.3 is 14.7 Å². The van der Waals surface area contributed by atoms with Crippen LogP contribution in [-0.2, 0) is 0 Å². The SMILES string of the molecule is C=C.CC.CCCC(=Cc1ccccc1-c1ccccc1C)/C(C)=C/C=C(\N)c1ccc2c3c4oc5ccccc5c4ccc3n(-c3ccccc3)c2c1.CS. The summed E-state index contributed by atoms with van der Waals surface area (Å²) >= 11 is 3.53. The number of allylic oxidation sites excluding steroid dienone is 4. The van der Waals surface area contributed by atoms with Crippen molar-refractivity contribution in [2.24, 2.45) is 5.73 Å². The Balaban J connectivity index is 0.000000956. The molecule has 0 aliphatic rings. The summed E-state index contributed by atoms with van der Waals surface area (Å²) in [5.41, 5.74) is 21.2. The molecule has 4 heteroatoms. The first-order valence-corrected chi connectivity index (χ1v) is 20.3. The Labute approximate surface area is 338 Å². The van der Waals surface area contributed by atoms with E-state index in [2.05, 4.69) is 191 Å². The highest BCUT2D eigenvalue weighted by molar-refractivity contribution is 7.79. The maximum Gasteiger partial charge on any atom is 0.145 e. The molecule has 0 bridgehead atoms. The predicted octanol–water partition coefficient (Wildman–Crippen LogP) is 15.2. The standard InChI is InChI=1S/C47H40N2O.C2H6.C2H4.CH4S/c1-4-14-33(29-34-16-9-11-20-38(34)37-19-10-8-15-32(37)3)31(2)23-27-42(48)35-24-25-41-44(30-35)49(36-17-6-5-7-18-36)43-28-26-40-39-21-12-13-22-45(39)50-47(40)46(41)43;3*1-2/h5-13,15-30H,4,14,48H2,1-3H3;1-2H3;1-2H2;2H,1H3/b31-23+,33-29?,42-27-;;;. The number of aromatic nitrogens is 1. The van der Waals surface area contributed by atoms with E-state index in [1.807, 2.05) is 26.0 Å². The van der Waals surface area contributed by atoms with Crippen molar-refractivity contribution in [2.45, 2.75) is 47.5 Å². The van der Waals surface area contributed by atoms with Crippen LogP contribution in [0.2, 0.25) is 0 Å². The summed E-state index contributed by atoms with van der Waals surface area (Å²) in [6.45, 7) is 16.6. The predicted molar refractivity (Wildman–Crippen MR) is 251 cm³/mol. The van der Waals surface area contributed by atoms with E-state index >= 15 is 0 Å². The number of benzene rings is 6. The Bertz CT molecular complexity index is 2650. The van der Waals surface area contributed by atoms with E-state index < -0.39 is 0 Å². The maximum atomic E-state index is 6.87.